The monoisotopic (exact) mass is 233 g/mol. The van der Waals surface area contributed by atoms with Crippen molar-refractivity contribution in [3.8, 4) is 5.75 Å². The van der Waals surface area contributed by atoms with Gasteiger partial charge in [-0.25, -0.2) is 4.68 Å². The van der Waals surface area contributed by atoms with Gasteiger partial charge >= 0.3 is 0 Å². The molecular formula is C11H15N5O. The summed E-state index contributed by atoms with van der Waals surface area (Å²) < 4.78 is 1.49. The van der Waals surface area contributed by atoms with Crippen LogP contribution in [0.2, 0.25) is 0 Å². The van der Waals surface area contributed by atoms with E-state index in [1.807, 2.05) is 12.1 Å². The number of hydrogen-bond donors (Lipinski definition) is 3. The Kier molecular flexibility index (Phi) is 2.97. The van der Waals surface area contributed by atoms with Crippen molar-refractivity contribution in [1.82, 2.24) is 14.8 Å². The molecule has 1 atom stereocenters. The Balaban J connectivity index is 2.11. The summed E-state index contributed by atoms with van der Waals surface area (Å²) in [5, 5.41) is 13.3. The molecule has 90 valence electrons. The molecule has 6 heteroatoms. The number of phenolic OH excluding ortho intramolecular Hbond substituents is 1. The summed E-state index contributed by atoms with van der Waals surface area (Å²) >= 11 is 0. The van der Waals surface area contributed by atoms with Crippen molar-refractivity contribution >= 4 is 5.95 Å². The third-order valence-electron chi connectivity index (χ3n) is 2.54. The van der Waals surface area contributed by atoms with Gasteiger partial charge in [0.25, 0.3) is 0 Å². The molecule has 0 saturated carbocycles. The third-order valence-corrected chi connectivity index (χ3v) is 2.54. The van der Waals surface area contributed by atoms with Gasteiger partial charge in [0, 0.05) is 7.05 Å². The predicted octanol–water partition coefficient (Wildman–Crippen LogP) is 0.345. The van der Waals surface area contributed by atoms with E-state index in [0.29, 0.717) is 18.2 Å². The zero-order chi connectivity index (χ0) is 12.4. The van der Waals surface area contributed by atoms with Gasteiger partial charge in [-0.1, -0.05) is 12.1 Å². The summed E-state index contributed by atoms with van der Waals surface area (Å²) in [5.41, 5.74) is 12.6. The van der Waals surface area contributed by atoms with Crippen molar-refractivity contribution in [3.63, 3.8) is 0 Å². The number of rotatable bonds is 3. The van der Waals surface area contributed by atoms with Gasteiger partial charge in [0.2, 0.25) is 5.95 Å². The molecule has 1 aromatic heterocycles. The lowest BCUT2D eigenvalue weighted by Gasteiger charge is -2.07. The third kappa shape index (κ3) is 2.54. The molecule has 0 unspecified atom stereocenters. The molecule has 6 nitrogen and oxygen atoms in total. The molecule has 1 aromatic carbocycles. The van der Waals surface area contributed by atoms with Gasteiger partial charge in [-0.2, -0.15) is 10.1 Å². The fraction of sp³-hybridized carbons (Fsp3) is 0.273. The highest BCUT2D eigenvalue weighted by atomic mass is 16.3. The number of benzene rings is 1. The Morgan fingerprint density at radius 1 is 1.35 bits per heavy atom. The quantitative estimate of drug-likeness (QED) is 0.709. The molecule has 0 amide bonds. The molecule has 0 aliphatic rings. The second-order valence-corrected chi connectivity index (χ2v) is 3.93. The maximum atomic E-state index is 9.17. The maximum Gasteiger partial charge on any atom is 0.218 e. The first kappa shape index (κ1) is 11.4. The first-order valence-corrected chi connectivity index (χ1v) is 5.26. The standard InChI is InChI=1S/C11H15N5O/c1-16-11(13)14-10(15-16)9(12)6-7-2-4-8(17)5-3-7/h2-5,9,17H,6,12H2,1H3,(H2,13,14,15)/t9-/m0/s1. The average molecular weight is 233 g/mol. The number of aromatic hydroxyl groups is 1. The number of phenols is 1. The molecule has 0 aliphatic heterocycles. The SMILES string of the molecule is Cn1nc([C@@H](N)Cc2ccc(O)cc2)nc1N. The van der Waals surface area contributed by atoms with Crippen LogP contribution in [0.25, 0.3) is 0 Å². The second-order valence-electron chi connectivity index (χ2n) is 3.93. The number of nitrogens with zero attached hydrogens (tertiary/aromatic N) is 3. The maximum absolute atomic E-state index is 9.17. The van der Waals surface area contributed by atoms with Crippen LogP contribution in [0.5, 0.6) is 5.75 Å². The minimum atomic E-state index is -0.303. The normalized spacial score (nSPS) is 12.6. The molecule has 5 N–H and O–H groups in total. The lowest BCUT2D eigenvalue weighted by atomic mass is 10.1. The van der Waals surface area contributed by atoms with Gasteiger partial charge in [-0.15, -0.1) is 0 Å². The largest absolute Gasteiger partial charge is 0.508 e. The summed E-state index contributed by atoms with van der Waals surface area (Å²) in [5.74, 6) is 1.11. The van der Waals surface area contributed by atoms with Crippen LogP contribution in [0.1, 0.15) is 17.4 Å². The first-order valence-electron chi connectivity index (χ1n) is 5.26. The molecule has 2 rings (SSSR count). The van der Waals surface area contributed by atoms with Crippen LogP contribution < -0.4 is 11.5 Å². The van der Waals surface area contributed by atoms with Crippen LogP contribution in [0.15, 0.2) is 24.3 Å². The minimum absolute atomic E-state index is 0.238. The highest BCUT2D eigenvalue weighted by molar-refractivity contribution is 5.27. The van der Waals surface area contributed by atoms with Crippen LogP contribution in [0.3, 0.4) is 0 Å². The summed E-state index contributed by atoms with van der Waals surface area (Å²) in [7, 11) is 1.72. The number of hydrogen-bond acceptors (Lipinski definition) is 5. The van der Waals surface area contributed by atoms with Crippen molar-refractivity contribution in [2.24, 2.45) is 12.8 Å². The predicted molar refractivity (Wildman–Crippen MR) is 64.2 cm³/mol. The van der Waals surface area contributed by atoms with Crippen LogP contribution >= 0.6 is 0 Å². The highest BCUT2D eigenvalue weighted by Gasteiger charge is 2.13. The molecular weight excluding hydrogens is 218 g/mol. The smallest absolute Gasteiger partial charge is 0.218 e. The van der Waals surface area contributed by atoms with E-state index in [2.05, 4.69) is 10.1 Å². The van der Waals surface area contributed by atoms with E-state index < -0.39 is 0 Å². The van der Waals surface area contributed by atoms with Crippen LogP contribution in [-0.4, -0.2) is 19.9 Å². The summed E-state index contributed by atoms with van der Waals surface area (Å²) in [4.78, 5) is 4.08. The Labute approximate surface area is 98.9 Å². The summed E-state index contributed by atoms with van der Waals surface area (Å²) in [6.45, 7) is 0. The van der Waals surface area contributed by atoms with Gasteiger partial charge in [-0.05, 0) is 24.1 Å². The van der Waals surface area contributed by atoms with E-state index in [1.54, 1.807) is 19.2 Å². The van der Waals surface area contributed by atoms with Gasteiger partial charge in [0.1, 0.15) is 5.75 Å². The highest BCUT2D eigenvalue weighted by Crippen LogP contribution is 2.16. The van der Waals surface area contributed by atoms with Crippen molar-refractivity contribution in [2.45, 2.75) is 12.5 Å². The van der Waals surface area contributed by atoms with Crippen molar-refractivity contribution in [3.05, 3.63) is 35.7 Å². The van der Waals surface area contributed by atoms with Gasteiger partial charge in [0.05, 0.1) is 6.04 Å². The van der Waals surface area contributed by atoms with Crippen LogP contribution in [-0.2, 0) is 13.5 Å². The van der Waals surface area contributed by atoms with E-state index in [9.17, 15) is 5.11 Å². The zero-order valence-electron chi connectivity index (χ0n) is 9.54. The lowest BCUT2D eigenvalue weighted by Crippen LogP contribution is -2.15. The molecule has 0 spiro atoms. The van der Waals surface area contributed by atoms with Crippen LogP contribution in [0.4, 0.5) is 5.95 Å². The van der Waals surface area contributed by atoms with E-state index >= 15 is 0 Å². The Morgan fingerprint density at radius 2 is 2.00 bits per heavy atom. The molecule has 0 saturated heterocycles. The summed E-state index contributed by atoms with van der Waals surface area (Å²) in [6.07, 6.45) is 0.601. The first-order chi connectivity index (χ1) is 8.06. The second kappa shape index (κ2) is 4.42. The van der Waals surface area contributed by atoms with Gasteiger partial charge < -0.3 is 16.6 Å². The number of nitrogen functional groups attached to an aromatic ring is 1. The molecule has 0 bridgehead atoms. The number of aryl methyl sites for hydroxylation is 1. The van der Waals surface area contributed by atoms with Crippen molar-refractivity contribution in [1.29, 1.82) is 0 Å². The lowest BCUT2D eigenvalue weighted by molar-refractivity contribution is 0.475. The average Bonchev–Trinajstić information content (AvgIpc) is 2.63. The minimum Gasteiger partial charge on any atom is -0.508 e. The Bertz CT molecular complexity index is 486. The Hall–Kier alpha value is -2.08. The fourth-order valence-electron chi connectivity index (χ4n) is 1.55. The number of anilines is 1. The number of nitrogens with two attached hydrogens (primary N) is 2. The summed E-state index contributed by atoms with van der Waals surface area (Å²) in [6, 6.07) is 6.59. The Morgan fingerprint density at radius 3 is 2.53 bits per heavy atom. The van der Waals surface area contributed by atoms with E-state index in [-0.39, 0.29) is 11.8 Å². The van der Waals surface area contributed by atoms with E-state index in [4.69, 9.17) is 11.5 Å². The molecule has 1 heterocycles. The van der Waals surface area contributed by atoms with Crippen molar-refractivity contribution in [2.75, 3.05) is 5.73 Å². The zero-order valence-corrected chi connectivity index (χ0v) is 9.54. The molecule has 0 radical (unpaired) electrons. The molecule has 0 fully saturated rings. The topological polar surface area (TPSA) is 103 Å². The van der Waals surface area contributed by atoms with E-state index in [0.717, 1.165) is 5.56 Å². The fourth-order valence-corrected chi connectivity index (χ4v) is 1.55. The molecule has 2 aromatic rings. The molecule has 17 heavy (non-hydrogen) atoms. The molecule has 0 aliphatic carbocycles. The van der Waals surface area contributed by atoms with Crippen LogP contribution in [0, 0.1) is 0 Å². The van der Waals surface area contributed by atoms with Crippen molar-refractivity contribution < 1.29 is 5.11 Å². The van der Waals surface area contributed by atoms with Gasteiger partial charge in [0.15, 0.2) is 5.82 Å². The number of aromatic nitrogens is 3. The van der Waals surface area contributed by atoms with Gasteiger partial charge in [-0.3, -0.25) is 0 Å². The van der Waals surface area contributed by atoms with E-state index in [1.165, 1.54) is 4.68 Å².